The molecular weight excluding hydrogens is 437 g/mol. The van der Waals surface area contributed by atoms with Crippen LogP contribution in [0.2, 0.25) is 0 Å². The van der Waals surface area contributed by atoms with E-state index in [1.54, 1.807) is 12.1 Å². The molecule has 0 saturated heterocycles. The third-order valence-corrected chi connectivity index (χ3v) is 5.58. The summed E-state index contributed by atoms with van der Waals surface area (Å²) in [4.78, 5) is 4.75. The van der Waals surface area contributed by atoms with E-state index in [9.17, 15) is 4.39 Å². The number of ether oxygens (including phenoxy) is 1. The smallest absolute Gasteiger partial charge is 0.156 e. The molecule has 4 nitrogen and oxygen atoms in total. The van der Waals surface area contributed by atoms with Crippen LogP contribution in [0.4, 0.5) is 10.2 Å². The Morgan fingerprint density at radius 3 is 2.29 bits per heavy atom. The van der Waals surface area contributed by atoms with E-state index >= 15 is 0 Å². The van der Waals surface area contributed by atoms with Gasteiger partial charge in [-0.3, -0.25) is 0 Å². The van der Waals surface area contributed by atoms with Crippen LogP contribution in [0.3, 0.4) is 0 Å². The Bertz CT molecular complexity index is 1420. The van der Waals surface area contributed by atoms with Crippen molar-refractivity contribution in [3.63, 3.8) is 0 Å². The lowest BCUT2D eigenvalue weighted by atomic mass is 10.1. The van der Waals surface area contributed by atoms with Gasteiger partial charge < -0.3 is 4.74 Å². The van der Waals surface area contributed by atoms with Crippen LogP contribution in [0, 0.1) is 12.7 Å². The van der Waals surface area contributed by atoms with E-state index in [2.05, 4.69) is 31.2 Å². The lowest BCUT2D eigenvalue weighted by Crippen LogP contribution is -1.96. The zero-order valence-corrected chi connectivity index (χ0v) is 19.3. The van der Waals surface area contributed by atoms with Gasteiger partial charge in [-0.2, -0.15) is 5.10 Å². The van der Waals surface area contributed by atoms with E-state index in [-0.39, 0.29) is 5.82 Å². The first-order valence-electron chi connectivity index (χ1n) is 11.4. The van der Waals surface area contributed by atoms with Crippen molar-refractivity contribution in [2.24, 2.45) is 4.99 Å². The largest absolute Gasteiger partial charge is 0.489 e. The maximum Gasteiger partial charge on any atom is 0.156 e. The van der Waals surface area contributed by atoms with Gasteiger partial charge in [0.05, 0.1) is 11.4 Å². The molecular formula is C30H24FN3O. The van der Waals surface area contributed by atoms with Crippen LogP contribution in [0.5, 0.6) is 5.75 Å². The van der Waals surface area contributed by atoms with Crippen LogP contribution < -0.4 is 4.74 Å². The zero-order chi connectivity index (χ0) is 24.0. The van der Waals surface area contributed by atoms with Crippen molar-refractivity contribution in [1.82, 2.24) is 9.78 Å². The Balaban J connectivity index is 1.35. The number of hydrogen-bond donors (Lipinski definition) is 0. The van der Waals surface area contributed by atoms with Crippen LogP contribution >= 0.6 is 0 Å². The fraction of sp³-hybridized carbons (Fsp3) is 0.0667. The minimum absolute atomic E-state index is 0.253. The van der Waals surface area contributed by atoms with Gasteiger partial charge in [-0.05, 0) is 66.6 Å². The maximum absolute atomic E-state index is 13.1. The van der Waals surface area contributed by atoms with Crippen LogP contribution in [0.15, 0.2) is 114 Å². The average Bonchev–Trinajstić information content (AvgIpc) is 3.33. The molecule has 0 aliphatic heterocycles. The Labute approximate surface area is 204 Å². The van der Waals surface area contributed by atoms with Crippen LogP contribution in [-0.4, -0.2) is 16.0 Å². The molecule has 0 atom stereocenters. The average molecular weight is 462 g/mol. The van der Waals surface area contributed by atoms with Crippen molar-refractivity contribution in [3.05, 3.63) is 132 Å². The molecule has 35 heavy (non-hydrogen) atoms. The van der Waals surface area contributed by atoms with Crippen molar-refractivity contribution in [2.45, 2.75) is 13.5 Å². The van der Waals surface area contributed by atoms with Crippen molar-refractivity contribution in [1.29, 1.82) is 0 Å². The van der Waals surface area contributed by atoms with E-state index in [0.29, 0.717) is 6.61 Å². The lowest BCUT2D eigenvalue weighted by Gasteiger charge is -2.06. The quantitative estimate of drug-likeness (QED) is 0.238. The number of aliphatic imine (C=N–C) groups is 1. The topological polar surface area (TPSA) is 39.4 Å². The summed E-state index contributed by atoms with van der Waals surface area (Å²) in [5, 5.41) is 4.82. The Morgan fingerprint density at radius 2 is 1.57 bits per heavy atom. The highest BCUT2D eigenvalue weighted by molar-refractivity contribution is 5.82. The van der Waals surface area contributed by atoms with Gasteiger partial charge in [0, 0.05) is 17.8 Å². The highest BCUT2D eigenvalue weighted by Gasteiger charge is 2.10. The molecule has 0 amide bonds. The van der Waals surface area contributed by atoms with Gasteiger partial charge in [0.15, 0.2) is 5.82 Å². The molecule has 0 aliphatic carbocycles. The first-order chi connectivity index (χ1) is 17.1. The minimum atomic E-state index is -0.253. The van der Waals surface area contributed by atoms with Gasteiger partial charge in [0.1, 0.15) is 18.2 Å². The fourth-order valence-electron chi connectivity index (χ4n) is 3.63. The van der Waals surface area contributed by atoms with E-state index in [1.807, 2.05) is 71.6 Å². The Hall–Kier alpha value is -4.51. The first kappa shape index (κ1) is 22.3. The third kappa shape index (κ3) is 5.53. The van der Waals surface area contributed by atoms with Gasteiger partial charge >= 0.3 is 0 Å². The van der Waals surface area contributed by atoms with Crippen LogP contribution in [0.25, 0.3) is 16.9 Å². The predicted molar refractivity (Wildman–Crippen MR) is 138 cm³/mol. The van der Waals surface area contributed by atoms with Crippen molar-refractivity contribution < 1.29 is 9.13 Å². The summed E-state index contributed by atoms with van der Waals surface area (Å²) in [7, 11) is 0. The summed E-state index contributed by atoms with van der Waals surface area (Å²) < 4.78 is 20.7. The number of aryl methyl sites for hydroxylation is 1. The van der Waals surface area contributed by atoms with Crippen molar-refractivity contribution in [3.8, 4) is 22.7 Å². The SMILES string of the molecule is Cc1ccc(-c2cc(/N=C/c3ccc(OCc4ccc(F)cc4)cc3)n(-c3ccccc3)n2)cc1. The van der Waals surface area contributed by atoms with E-state index < -0.39 is 0 Å². The number of aromatic nitrogens is 2. The standard InChI is InChI=1S/C30H24FN3O/c1-22-7-13-25(14-8-22)29-19-30(34(33-29)27-5-3-2-4-6-27)32-20-23-11-17-28(18-12-23)35-21-24-9-15-26(31)16-10-24/h2-20H,21H2,1H3/b32-20+. The molecule has 0 fully saturated rings. The van der Waals surface area contributed by atoms with Crippen LogP contribution in [0.1, 0.15) is 16.7 Å². The molecule has 0 spiro atoms. The van der Waals surface area contributed by atoms with Crippen molar-refractivity contribution in [2.75, 3.05) is 0 Å². The number of rotatable bonds is 7. The molecule has 0 aliphatic rings. The summed E-state index contributed by atoms with van der Waals surface area (Å²) in [5.74, 6) is 1.22. The number of para-hydroxylation sites is 1. The van der Waals surface area contributed by atoms with Gasteiger partial charge in [-0.15, -0.1) is 0 Å². The van der Waals surface area contributed by atoms with Gasteiger partial charge in [0.25, 0.3) is 0 Å². The van der Waals surface area contributed by atoms with Gasteiger partial charge in [-0.1, -0.05) is 60.2 Å². The summed E-state index contributed by atoms with van der Waals surface area (Å²) in [5.41, 5.74) is 5.92. The Morgan fingerprint density at radius 1 is 0.857 bits per heavy atom. The second-order valence-corrected chi connectivity index (χ2v) is 8.24. The molecule has 5 rings (SSSR count). The van der Waals surface area contributed by atoms with Crippen molar-refractivity contribution >= 4 is 12.0 Å². The monoisotopic (exact) mass is 461 g/mol. The zero-order valence-electron chi connectivity index (χ0n) is 19.3. The molecule has 5 aromatic rings. The first-order valence-corrected chi connectivity index (χ1v) is 11.4. The highest BCUT2D eigenvalue weighted by atomic mass is 19.1. The Kier molecular flexibility index (Phi) is 6.48. The molecule has 1 aromatic heterocycles. The molecule has 0 radical (unpaired) electrons. The molecule has 1 heterocycles. The number of benzene rings is 4. The number of nitrogens with zero attached hydrogens (tertiary/aromatic N) is 3. The molecule has 0 bridgehead atoms. The second-order valence-electron chi connectivity index (χ2n) is 8.24. The molecule has 172 valence electrons. The second kappa shape index (κ2) is 10.2. The van der Waals surface area contributed by atoms with Gasteiger partial charge in [0.2, 0.25) is 0 Å². The molecule has 4 aromatic carbocycles. The van der Waals surface area contributed by atoms with E-state index in [4.69, 9.17) is 14.8 Å². The summed E-state index contributed by atoms with van der Waals surface area (Å²) >= 11 is 0. The molecule has 5 heteroatoms. The summed E-state index contributed by atoms with van der Waals surface area (Å²) in [6.07, 6.45) is 1.82. The predicted octanol–water partition coefficient (Wildman–Crippen LogP) is 7.32. The number of hydrogen-bond acceptors (Lipinski definition) is 3. The fourth-order valence-corrected chi connectivity index (χ4v) is 3.63. The highest BCUT2D eigenvalue weighted by Crippen LogP contribution is 2.27. The summed E-state index contributed by atoms with van der Waals surface area (Å²) in [6, 6.07) is 34.3. The van der Waals surface area contributed by atoms with Gasteiger partial charge in [-0.25, -0.2) is 14.1 Å². The maximum atomic E-state index is 13.1. The molecule has 0 N–H and O–H groups in total. The molecule has 0 saturated carbocycles. The normalized spacial score (nSPS) is 11.1. The lowest BCUT2D eigenvalue weighted by molar-refractivity contribution is 0.306. The molecule has 0 unspecified atom stereocenters. The number of halogens is 1. The third-order valence-electron chi connectivity index (χ3n) is 5.58. The van der Waals surface area contributed by atoms with Crippen LogP contribution in [-0.2, 0) is 6.61 Å². The summed E-state index contributed by atoms with van der Waals surface area (Å²) in [6.45, 7) is 2.45. The van der Waals surface area contributed by atoms with E-state index in [0.717, 1.165) is 39.6 Å². The minimum Gasteiger partial charge on any atom is -0.489 e. The van der Waals surface area contributed by atoms with E-state index in [1.165, 1.54) is 17.7 Å².